The first-order chi connectivity index (χ1) is 69.4. The van der Waals surface area contributed by atoms with E-state index in [0.29, 0.717) is 11.6 Å². The van der Waals surface area contributed by atoms with Gasteiger partial charge in [0.05, 0.1) is 67.3 Å². The Kier molecular flexibility index (Phi) is 21.4. The van der Waals surface area contributed by atoms with Gasteiger partial charge in [0.25, 0.3) is 0 Å². The average Bonchev–Trinajstić information content (AvgIpc) is 1.38. The summed E-state index contributed by atoms with van der Waals surface area (Å²) in [5.41, 5.74) is 34.9. The van der Waals surface area contributed by atoms with E-state index in [1.807, 2.05) is 48.5 Å². The SMILES string of the molecule is c1ccc(-c2ccc(-c3cc(-c4ccc5cc(-c6ccc(-c7nc8ccccc8c8ccc9c(nc(-c%10ccccc%10)n9-c9ccccc9)c78)cc6)ccc5c4)nc(-c4ccccc4)n3)cc2)cc1.c1ccc(-c2cccc(-c3cc(-c4ccc(-c5ccc(-c6nc7ccccc7c7ccc8c(nc(-c9ccccc9)n8-c8ccccc8)c67)cc5)cc4)nc(-c4cccc(-c5ccccc5)c4)n3)c2)cc1. The Morgan fingerprint density at radius 3 is 0.843 bits per heavy atom. The molecule has 0 radical (unpaired) electrons. The lowest BCUT2D eigenvalue weighted by Gasteiger charge is -2.13. The van der Waals surface area contributed by atoms with Crippen molar-refractivity contribution in [1.82, 2.24) is 49.0 Å². The van der Waals surface area contributed by atoms with E-state index in [1.165, 1.54) is 11.1 Å². The minimum absolute atomic E-state index is 0.676. The fourth-order valence-corrected chi connectivity index (χ4v) is 19.6. The molecule has 6 heterocycles. The van der Waals surface area contributed by atoms with Crippen LogP contribution in [0.2, 0.25) is 0 Å². The Morgan fingerprint density at radius 2 is 0.421 bits per heavy atom. The van der Waals surface area contributed by atoms with E-state index in [-0.39, 0.29) is 0 Å². The molecule has 0 saturated carbocycles. The summed E-state index contributed by atoms with van der Waals surface area (Å²) in [6.07, 6.45) is 0. The first kappa shape index (κ1) is 83.0. The van der Waals surface area contributed by atoms with E-state index in [4.69, 9.17) is 39.9 Å². The van der Waals surface area contributed by atoms with Crippen LogP contribution in [0.15, 0.2) is 510 Å². The molecule has 0 aliphatic carbocycles. The summed E-state index contributed by atoms with van der Waals surface area (Å²) in [6.45, 7) is 0. The largest absolute Gasteiger partial charge is 0.292 e. The van der Waals surface area contributed by atoms with Gasteiger partial charge in [-0.2, -0.15) is 0 Å². The zero-order chi connectivity index (χ0) is 92.8. The average molecular weight is 1790 g/mol. The number of para-hydroxylation sites is 4. The van der Waals surface area contributed by atoms with Crippen molar-refractivity contribution in [2.45, 2.75) is 0 Å². The van der Waals surface area contributed by atoms with E-state index in [9.17, 15) is 0 Å². The van der Waals surface area contributed by atoms with Crippen LogP contribution in [0.3, 0.4) is 0 Å². The van der Waals surface area contributed by atoms with Gasteiger partial charge in [-0.15, -0.1) is 0 Å². The van der Waals surface area contributed by atoms with Crippen LogP contribution in [0.1, 0.15) is 0 Å². The van der Waals surface area contributed by atoms with Crippen LogP contribution in [0.25, 0.3) is 256 Å². The molecule has 0 aliphatic rings. The van der Waals surface area contributed by atoms with Crippen LogP contribution in [-0.4, -0.2) is 49.0 Å². The van der Waals surface area contributed by atoms with Gasteiger partial charge >= 0.3 is 0 Å². The highest BCUT2D eigenvalue weighted by molar-refractivity contribution is 6.22. The van der Waals surface area contributed by atoms with Crippen LogP contribution in [0.4, 0.5) is 0 Å². The Bertz CT molecular complexity index is 9040. The molecule has 0 atom stereocenters. The fraction of sp³-hybridized carbons (Fsp3) is 0. The first-order valence-corrected chi connectivity index (χ1v) is 47.2. The van der Waals surface area contributed by atoms with Crippen LogP contribution >= 0.6 is 0 Å². The quantitative estimate of drug-likeness (QED) is 0.0829. The molecular formula is C130H84N10. The number of hydrogen-bond donors (Lipinski definition) is 0. The Morgan fingerprint density at radius 1 is 0.150 bits per heavy atom. The predicted molar refractivity (Wildman–Crippen MR) is 578 cm³/mol. The van der Waals surface area contributed by atoms with Crippen molar-refractivity contribution in [3.05, 3.63) is 510 Å². The van der Waals surface area contributed by atoms with Crippen LogP contribution < -0.4 is 0 Å². The first-order valence-electron chi connectivity index (χ1n) is 47.2. The summed E-state index contributed by atoms with van der Waals surface area (Å²) in [7, 11) is 0. The topological polar surface area (TPSA) is 113 Å². The monoisotopic (exact) mass is 1780 g/mol. The van der Waals surface area contributed by atoms with Crippen molar-refractivity contribution in [1.29, 1.82) is 0 Å². The van der Waals surface area contributed by atoms with E-state index < -0.39 is 0 Å². The van der Waals surface area contributed by atoms with Crippen LogP contribution in [0, 0.1) is 0 Å². The van der Waals surface area contributed by atoms with Crippen LogP contribution in [0.5, 0.6) is 0 Å². The highest BCUT2D eigenvalue weighted by atomic mass is 15.1. The molecule has 0 N–H and O–H groups in total. The summed E-state index contributed by atoms with van der Waals surface area (Å²) in [5.74, 6) is 3.16. The number of aromatic nitrogens is 10. The van der Waals surface area contributed by atoms with Gasteiger partial charge in [0.2, 0.25) is 0 Å². The van der Waals surface area contributed by atoms with Gasteiger partial charge in [0.15, 0.2) is 11.6 Å². The molecule has 0 spiro atoms. The van der Waals surface area contributed by atoms with Crippen molar-refractivity contribution in [2.75, 3.05) is 0 Å². The molecular weight excluding hydrogens is 1700 g/mol. The molecule has 0 aliphatic heterocycles. The lowest BCUT2D eigenvalue weighted by Crippen LogP contribution is -1.97. The Balaban J connectivity index is 0.000000148. The molecule has 10 heteroatoms. The van der Waals surface area contributed by atoms with Gasteiger partial charge < -0.3 is 0 Å². The molecule has 0 amide bonds. The lowest BCUT2D eigenvalue weighted by atomic mass is 9.96. The molecule has 0 saturated heterocycles. The van der Waals surface area contributed by atoms with Crippen molar-refractivity contribution in [3.8, 4) is 180 Å². The smallest absolute Gasteiger partial charge is 0.160 e. The van der Waals surface area contributed by atoms with Gasteiger partial charge in [0, 0.05) is 88.6 Å². The fourth-order valence-electron chi connectivity index (χ4n) is 19.6. The molecule has 26 rings (SSSR count). The third-order valence-electron chi connectivity index (χ3n) is 26.6. The molecule has 26 aromatic rings. The summed E-state index contributed by atoms with van der Waals surface area (Å²) >= 11 is 0. The van der Waals surface area contributed by atoms with Crippen molar-refractivity contribution in [3.63, 3.8) is 0 Å². The third kappa shape index (κ3) is 15.9. The maximum atomic E-state index is 5.47. The number of fused-ring (bicyclic) bond motifs is 11. The normalized spacial score (nSPS) is 11.4. The Labute approximate surface area is 809 Å². The second-order valence-corrected chi connectivity index (χ2v) is 35.2. The molecule has 0 unspecified atom stereocenters. The van der Waals surface area contributed by atoms with Gasteiger partial charge in [0.1, 0.15) is 11.6 Å². The number of benzene rings is 20. The van der Waals surface area contributed by atoms with Gasteiger partial charge in [-0.25, -0.2) is 39.9 Å². The van der Waals surface area contributed by atoms with Crippen LogP contribution in [-0.2, 0) is 0 Å². The standard InChI is InChI=1S/C66H43N5.C64H41N5/c1-5-17-44(18-6-1)51-23-15-25-53(41-51)60-43-59(68-65(69-60)54-26-16-24-52(42-54)45-19-7-2-8-20-45)48-35-31-46(32-36-48)47-33-37-49(38-34-47)63-62-57(56-29-13-14-30-58(56)67-63)39-40-61-64(62)70-66(50-21-9-3-10-22-50)71(61)55-27-11-4-12-28-55;1-5-15-42(16-6-1)43-25-29-45(30-26-43)57-41-58(67-63(66-57)47-17-7-2-8-18-47)52-36-35-50-39-49(33-34-51(50)40-52)44-27-31-46(32-28-44)61-60-55(54-23-13-14-24-56(54)65-61)37-38-59-62(60)68-64(48-19-9-3-10-20-48)69(59)53-21-11-4-12-22-53/h1-43H;1-41H. The molecule has 0 bridgehead atoms. The molecule has 654 valence electrons. The highest BCUT2D eigenvalue weighted by Crippen LogP contribution is 2.45. The third-order valence-corrected chi connectivity index (χ3v) is 26.6. The second-order valence-electron chi connectivity index (χ2n) is 35.2. The van der Waals surface area contributed by atoms with Gasteiger partial charge in [-0.1, -0.05) is 425 Å². The zero-order valence-electron chi connectivity index (χ0n) is 76.0. The Hall–Kier alpha value is -18.9. The summed E-state index contributed by atoms with van der Waals surface area (Å²) in [5, 5.41) is 8.83. The zero-order valence-corrected chi connectivity index (χ0v) is 76.0. The summed E-state index contributed by atoms with van der Waals surface area (Å²) in [6, 6.07) is 179. The summed E-state index contributed by atoms with van der Waals surface area (Å²) < 4.78 is 4.54. The number of imidazole rings is 2. The molecule has 10 nitrogen and oxygen atoms in total. The number of rotatable bonds is 17. The van der Waals surface area contributed by atoms with Crippen molar-refractivity contribution in [2.24, 2.45) is 0 Å². The maximum Gasteiger partial charge on any atom is 0.160 e. The minimum Gasteiger partial charge on any atom is -0.292 e. The molecule has 0 fully saturated rings. The van der Waals surface area contributed by atoms with Crippen molar-refractivity contribution >= 4 is 76.2 Å². The van der Waals surface area contributed by atoms with E-state index in [1.54, 1.807) is 0 Å². The summed E-state index contributed by atoms with van der Waals surface area (Å²) in [4.78, 5) is 42.4. The number of hydrogen-bond acceptors (Lipinski definition) is 8. The lowest BCUT2D eigenvalue weighted by molar-refractivity contribution is 1.10. The molecule has 20 aromatic carbocycles. The molecule has 140 heavy (non-hydrogen) atoms. The second kappa shape index (κ2) is 36.1. The maximum absolute atomic E-state index is 5.47. The highest BCUT2D eigenvalue weighted by Gasteiger charge is 2.26. The van der Waals surface area contributed by atoms with Crippen molar-refractivity contribution < 1.29 is 0 Å². The van der Waals surface area contributed by atoms with E-state index >= 15 is 0 Å². The van der Waals surface area contributed by atoms with E-state index in [2.05, 4.69) is 470 Å². The van der Waals surface area contributed by atoms with E-state index in [0.717, 1.165) is 234 Å². The van der Waals surface area contributed by atoms with Gasteiger partial charge in [-0.3, -0.25) is 9.13 Å². The predicted octanol–water partition coefficient (Wildman–Crippen LogP) is 33.2. The number of nitrogens with zero attached hydrogens (tertiary/aromatic N) is 10. The minimum atomic E-state index is 0.676. The number of pyridine rings is 2. The molecule has 6 aromatic heterocycles. The van der Waals surface area contributed by atoms with Gasteiger partial charge in [-0.05, 0) is 162 Å².